The second-order valence-electron chi connectivity index (χ2n) is 5.60. The van der Waals surface area contributed by atoms with Crippen molar-refractivity contribution in [2.24, 2.45) is 0 Å². The zero-order valence-corrected chi connectivity index (χ0v) is 14.7. The highest BCUT2D eigenvalue weighted by atomic mass is 31.2. The highest BCUT2D eigenvalue weighted by molar-refractivity contribution is 7.45. The number of rotatable bonds is 4. The summed E-state index contributed by atoms with van der Waals surface area (Å²) < 4.78 is 8.88. The molecule has 3 rings (SSSR count). The monoisotopic (exact) mass is 367 g/mol. The molecule has 0 radical (unpaired) electrons. The highest BCUT2D eigenvalue weighted by Gasteiger charge is 2.14. The third kappa shape index (κ3) is 5.81. The van der Waals surface area contributed by atoms with Crippen LogP contribution in [-0.2, 0) is 9.36 Å². The molecule has 9 heteroatoms. The molecule has 0 aliphatic carbocycles. The van der Waals surface area contributed by atoms with Gasteiger partial charge in [-0.15, -0.1) is 0 Å². The van der Waals surface area contributed by atoms with Crippen LogP contribution in [0, 0.1) is 0 Å². The van der Waals surface area contributed by atoms with E-state index in [2.05, 4.69) is 34.3 Å². The van der Waals surface area contributed by atoms with Crippen LogP contribution in [0.1, 0.15) is 19.0 Å². The summed E-state index contributed by atoms with van der Waals surface area (Å²) in [7, 11) is -4.64. The minimum Gasteiger partial charge on any atom is -0.355 e. The third-order valence-electron chi connectivity index (χ3n) is 3.96. The average Bonchev–Trinajstić information content (AvgIpc) is 2.99. The molecular weight excluding hydrogens is 345 g/mol. The first-order valence-electron chi connectivity index (χ1n) is 7.83. The summed E-state index contributed by atoms with van der Waals surface area (Å²) in [5.74, 6) is 0. The summed E-state index contributed by atoms with van der Waals surface area (Å²) in [5, 5.41) is 3.82. The normalized spacial score (nSPS) is 15.3. The van der Waals surface area contributed by atoms with Crippen LogP contribution in [-0.4, -0.2) is 50.6 Å². The molecule has 136 valence electrons. The lowest BCUT2D eigenvalue weighted by Gasteiger charge is -2.24. The molecule has 2 aromatic rings. The van der Waals surface area contributed by atoms with Crippen molar-refractivity contribution in [2.75, 3.05) is 25.0 Å². The molecule has 0 spiro atoms. The van der Waals surface area contributed by atoms with E-state index in [1.54, 1.807) is 0 Å². The van der Waals surface area contributed by atoms with E-state index in [1.807, 2.05) is 18.2 Å². The van der Waals surface area contributed by atoms with Gasteiger partial charge in [-0.1, -0.05) is 19.1 Å². The molecule has 8 nitrogen and oxygen atoms in total. The summed E-state index contributed by atoms with van der Waals surface area (Å²) >= 11 is 0. The second-order valence-corrected chi connectivity index (χ2v) is 6.62. The van der Waals surface area contributed by atoms with Gasteiger partial charge in [0.15, 0.2) is 0 Å². The maximum absolute atomic E-state index is 10.7. The molecule has 0 saturated heterocycles. The number of nitrogens with one attached hydrogen (secondary N) is 2. The van der Waals surface area contributed by atoms with E-state index in [0.29, 0.717) is 0 Å². The van der Waals surface area contributed by atoms with Crippen LogP contribution >= 0.6 is 7.82 Å². The smallest absolute Gasteiger partial charge is 0.355 e. The van der Waals surface area contributed by atoms with E-state index < -0.39 is 7.82 Å². The summed E-state index contributed by atoms with van der Waals surface area (Å²) in [6, 6.07) is 8.04. The number of carbonyl (C=O) groups excluding carboxylic acids is 1. The lowest BCUT2D eigenvalue weighted by molar-refractivity contribution is -0.105. The molecular formula is C16H22N3O5P. The zero-order valence-electron chi connectivity index (χ0n) is 13.8. The quantitative estimate of drug-likeness (QED) is 0.415. The van der Waals surface area contributed by atoms with Crippen molar-refractivity contribution in [3.05, 3.63) is 36.0 Å². The van der Waals surface area contributed by atoms with Gasteiger partial charge < -0.3 is 25.0 Å². The van der Waals surface area contributed by atoms with Gasteiger partial charge in [0.05, 0.1) is 0 Å². The second kappa shape index (κ2) is 8.42. The van der Waals surface area contributed by atoms with Crippen LogP contribution in [0.4, 0.5) is 5.69 Å². The largest absolute Gasteiger partial charge is 0.466 e. The fraction of sp³-hybridized carbons (Fsp3) is 0.312. The van der Waals surface area contributed by atoms with E-state index in [1.165, 1.54) is 5.57 Å². The number of aromatic nitrogens is 1. The van der Waals surface area contributed by atoms with Crippen molar-refractivity contribution in [1.29, 1.82) is 0 Å². The lowest BCUT2D eigenvalue weighted by Crippen LogP contribution is -2.28. The Morgan fingerprint density at radius 1 is 1.36 bits per heavy atom. The number of likely N-dealkylation sites (N-methyl/N-ethyl adjacent to an activating group) is 1. The van der Waals surface area contributed by atoms with Crippen molar-refractivity contribution in [3.8, 4) is 0 Å². The highest BCUT2D eigenvalue weighted by Crippen LogP contribution is 2.29. The van der Waals surface area contributed by atoms with Gasteiger partial charge in [-0.2, -0.15) is 0 Å². The Labute approximate surface area is 145 Å². The Morgan fingerprint density at radius 3 is 2.64 bits per heavy atom. The summed E-state index contributed by atoms with van der Waals surface area (Å²) in [6.45, 7) is 5.42. The number of benzene rings is 1. The molecule has 5 N–H and O–H groups in total. The van der Waals surface area contributed by atoms with Crippen LogP contribution in [0.25, 0.3) is 16.5 Å². The first-order chi connectivity index (χ1) is 11.8. The number of hydrogen-bond acceptors (Lipinski definition) is 3. The average molecular weight is 367 g/mol. The molecule has 0 fully saturated rings. The molecule has 25 heavy (non-hydrogen) atoms. The van der Waals surface area contributed by atoms with Gasteiger partial charge in [0.25, 0.3) is 0 Å². The number of fused-ring (bicyclic) bond motifs is 1. The fourth-order valence-electron chi connectivity index (χ4n) is 2.76. The molecule has 1 amide bonds. The van der Waals surface area contributed by atoms with Gasteiger partial charge >= 0.3 is 7.82 Å². The van der Waals surface area contributed by atoms with Crippen molar-refractivity contribution in [3.63, 3.8) is 0 Å². The molecule has 0 saturated carbocycles. The van der Waals surface area contributed by atoms with E-state index in [0.717, 1.165) is 54.7 Å². The molecule has 0 unspecified atom stereocenters. The van der Waals surface area contributed by atoms with Crippen LogP contribution < -0.4 is 5.32 Å². The topological polar surface area (TPSA) is 126 Å². The van der Waals surface area contributed by atoms with Gasteiger partial charge in [0, 0.05) is 35.4 Å². The zero-order chi connectivity index (χ0) is 18.4. The standard InChI is InChI=1S/C16H19N3O.H3O4P/c1-2-19-8-6-12(7-9-19)16-10-13-14(17-11-20)4-3-5-15(13)18-16;1-5(2,3)4/h3-6,10-11,18H,2,7-9H2,1H3,(H,17,20);(H3,1,2,3,4). The Bertz CT molecular complexity index is 803. The van der Waals surface area contributed by atoms with E-state index in [-0.39, 0.29) is 0 Å². The number of nitrogens with zero attached hydrogens (tertiary/aromatic N) is 1. The van der Waals surface area contributed by atoms with Crippen LogP contribution in [0.5, 0.6) is 0 Å². The minimum absolute atomic E-state index is 0.723. The van der Waals surface area contributed by atoms with Gasteiger partial charge in [0.2, 0.25) is 6.41 Å². The van der Waals surface area contributed by atoms with E-state index in [4.69, 9.17) is 19.2 Å². The van der Waals surface area contributed by atoms with Gasteiger partial charge in [-0.3, -0.25) is 9.69 Å². The Kier molecular flexibility index (Phi) is 6.52. The molecule has 2 heterocycles. The molecule has 0 bridgehead atoms. The predicted octanol–water partition coefficient (Wildman–Crippen LogP) is 1.92. The fourth-order valence-corrected chi connectivity index (χ4v) is 2.76. The summed E-state index contributed by atoms with van der Waals surface area (Å²) in [5.41, 5.74) is 4.44. The number of amides is 1. The van der Waals surface area contributed by atoms with E-state index >= 15 is 0 Å². The van der Waals surface area contributed by atoms with Gasteiger partial charge in [-0.05, 0) is 36.7 Å². The third-order valence-corrected chi connectivity index (χ3v) is 3.96. The number of hydrogen-bond donors (Lipinski definition) is 5. The van der Waals surface area contributed by atoms with Crippen molar-refractivity contribution in [1.82, 2.24) is 9.88 Å². The summed E-state index contributed by atoms with van der Waals surface area (Å²) in [6.07, 6.45) is 4.09. The Morgan fingerprint density at radius 2 is 2.08 bits per heavy atom. The minimum atomic E-state index is -4.64. The number of phosphoric acid groups is 1. The Hall–Kier alpha value is -1.96. The van der Waals surface area contributed by atoms with Crippen molar-refractivity contribution < 1.29 is 24.0 Å². The maximum Gasteiger partial charge on any atom is 0.466 e. The van der Waals surface area contributed by atoms with Gasteiger partial charge in [0.1, 0.15) is 0 Å². The number of H-pyrrole nitrogens is 1. The first-order valence-corrected chi connectivity index (χ1v) is 9.40. The van der Waals surface area contributed by atoms with Crippen molar-refractivity contribution >= 4 is 36.4 Å². The number of carbonyl (C=O) groups is 1. The predicted molar refractivity (Wildman–Crippen MR) is 97.0 cm³/mol. The van der Waals surface area contributed by atoms with Crippen LogP contribution in [0.2, 0.25) is 0 Å². The first kappa shape index (κ1) is 19.4. The van der Waals surface area contributed by atoms with Gasteiger partial charge in [-0.25, -0.2) is 4.57 Å². The molecule has 1 aromatic heterocycles. The van der Waals surface area contributed by atoms with Crippen LogP contribution in [0.15, 0.2) is 30.3 Å². The lowest BCUT2D eigenvalue weighted by atomic mass is 10.0. The number of anilines is 1. The molecule has 1 aliphatic rings. The molecule has 1 aromatic carbocycles. The van der Waals surface area contributed by atoms with Crippen LogP contribution in [0.3, 0.4) is 0 Å². The molecule has 1 aliphatic heterocycles. The van der Waals surface area contributed by atoms with Crippen molar-refractivity contribution in [2.45, 2.75) is 13.3 Å². The maximum atomic E-state index is 10.7. The number of aromatic amines is 1. The van der Waals surface area contributed by atoms with E-state index in [9.17, 15) is 4.79 Å². The Balaban J connectivity index is 0.000000399. The summed E-state index contributed by atoms with van der Waals surface area (Å²) in [4.78, 5) is 38.1. The molecule has 0 atom stereocenters. The SMILES string of the molecule is CCN1CC=C(c2cc3c(NC=O)cccc3[nH]2)CC1.O=P(O)(O)O.